The van der Waals surface area contributed by atoms with Gasteiger partial charge in [0.25, 0.3) is 5.91 Å². The maximum atomic E-state index is 13.2. The zero-order chi connectivity index (χ0) is 25.7. The van der Waals surface area contributed by atoms with Crippen LogP contribution >= 0.6 is 0 Å². The number of nitrogens with one attached hydrogen (secondary N) is 1. The Labute approximate surface area is 211 Å². The predicted octanol–water partition coefficient (Wildman–Crippen LogP) is 3.34. The molecule has 2 aromatic carbocycles. The Bertz CT molecular complexity index is 1550. The number of aromatic nitrogens is 2. The summed E-state index contributed by atoms with van der Waals surface area (Å²) in [7, 11) is -6.94. The first-order chi connectivity index (χ1) is 17.0. The van der Waals surface area contributed by atoms with Gasteiger partial charge in [0.15, 0.2) is 9.84 Å². The molecule has 1 aromatic heterocycles. The van der Waals surface area contributed by atoms with E-state index in [1.165, 1.54) is 28.6 Å². The van der Waals surface area contributed by atoms with Gasteiger partial charge >= 0.3 is 0 Å². The van der Waals surface area contributed by atoms with Crippen molar-refractivity contribution in [1.82, 2.24) is 14.1 Å². The Hall–Kier alpha value is -3.02. The van der Waals surface area contributed by atoms with Crippen molar-refractivity contribution in [3.05, 3.63) is 70.4 Å². The molecular formula is C25H28N4O5S2. The van der Waals surface area contributed by atoms with E-state index in [-0.39, 0.29) is 22.0 Å². The Kier molecular flexibility index (Phi) is 6.26. The fourth-order valence-corrected chi connectivity index (χ4v) is 7.64. The summed E-state index contributed by atoms with van der Waals surface area (Å²) in [4.78, 5) is 13.3. The Morgan fingerprint density at radius 2 is 1.64 bits per heavy atom. The number of carbonyl (C=O) groups is 1. The minimum atomic E-state index is -3.61. The van der Waals surface area contributed by atoms with Gasteiger partial charge in [0.1, 0.15) is 5.82 Å². The molecule has 0 saturated carbocycles. The first kappa shape index (κ1) is 24.7. The van der Waals surface area contributed by atoms with Gasteiger partial charge in [-0.25, -0.2) is 21.5 Å². The van der Waals surface area contributed by atoms with E-state index in [2.05, 4.69) is 10.4 Å². The summed E-state index contributed by atoms with van der Waals surface area (Å²) in [6.45, 7) is 4.97. The van der Waals surface area contributed by atoms with Crippen LogP contribution in [-0.2, 0) is 31.4 Å². The predicted molar refractivity (Wildman–Crippen MR) is 136 cm³/mol. The number of piperidine rings is 1. The van der Waals surface area contributed by atoms with Crippen LogP contribution in [0.5, 0.6) is 0 Å². The number of sulfone groups is 1. The van der Waals surface area contributed by atoms with Crippen molar-refractivity contribution in [3.63, 3.8) is 0 Å². The minimum absolute atomic E-state index is 0.146. The molecule has 0 bridgehead atoms. The SMILES string of the molecule is Cc1ccc(-n2nc3c(c2NC(=O)c2ccc(S(=O)(=O)N4CCCCC4)cc2)CS(=O)(=O)C3)cc1C. The average Bonchev–Trinajstić information content (AvgIpc) is 3.33. The fraction of sp³-hybridized carbons (Fsp3) is 0.360. The number of nitrogens with zero attached hydrogens (tertiary/aromatic N) is 3. The molecule has 0 aliphatic carbocycles. The summed E-state index contributed by atoms with van der Waals surface area (Å²) >= 11 is 0. The summed E-state index contributed by atoms with van der Waals surface area (Å²) in [5, 5.41) is 7.35. The topological polar surface area (TPSA) is 118 Å². The van der Waals surface area contributed by atoms with E-state index in [1.807, 2.05) is 32.0 Å². The molecule has 0 radical (unpaired) electrons. The number of amides is 1. The highest BCUT2D eigenvalue weighted by atomic mass is 32.2. The number of carbonyl (C=O) groups excluding carboxylic acids is 1. The Morgan fingerprint density at radius 3 is 2.31 bits per heavy atom. The van der Waals surface area contributed by atoms with Crippen molar-refractivity contribution in [2.24, 2.45) is 0 Å². The number of hydrogen-bond donors (Lipinski definition) is 1. The summed E-state index contributed by atoms with van der Waals surface area (Å²) < 4.78 is 53.4. The van der Waals surface area contributed by atoms with Crippen molar-refractivity contribution in [2.75, 3.05) is 18.4 Å². The van der Waals surface area contributed by atoms with Gasteiger partial charge in [0, 0.05) is 24.2 Å². The second-order valence-electron chi connectivity index (χ2n) is 9.43. The van der Waals surface area contributed by atoms with Crippen molar-refractivity contribution < 1.29 is 21.6 Å². The van der Waals surface area contributed by atoms with Gasteiger partial charge in [0.05, 0.1) is 27.8 Å². The lowest BCUT2D eigenvalue weighted by molar-refractivity contribution is 0.102. The molecule has 5 rings (SSSR count). The normalized spacial score (nSPS) is 17.6. The van der Waals surface area contributed by atoms with E-state index in [1.54, 1.807) is 4.68 Å². The van der Waals surface area contributed by atoms with E-state index in [4.69, 9.17) is 0 Å². The highest BCUT2D eigenvalue weighted by Gasteiger charge is 2.33. The van der Waals surface area contributed by atoms with Gasteiger partial charge in [-0.15, -0.1) is 0 Å². The average molecular weight is 529 g/mol. The zero-order valence-electron chi connectivity index (χ0n) is 20.2. The van der Waals surface area contributed by atoms with Crippen LogP contribution in [0.3, 0.4) is 0 Å². The number of sulfonamides is 1. The van der Waals surface area contributed by atoms with Crippen LogP contribution in [0.25, 0.3) is 5.69 Å². The van der Waals surface area contributed by atoms with E-state index < -0.39 is 25.8 Å². The quantitative estimate of drug-likeness (QED) is 0.543. The monoisotopic (exact) mass is 528 g/mol. The highest BCUT2D eigenvalue weighted by Crippen LogP contribution is 2.33. The van der Waals surface area contributed by atoms with Crippen LogP contribution < -0.4 is 5.32 Å². The molecule has 1 N–H and O–H groups in total. The second kappa shape index (κ2) is 9.13. The largest absolute Gasteiger partial charge is 0.306 e. The number of rotatable bonds is 5. The fourth-order valence-electron chi connectivity index (χ4n) is 4.63. The van der Waals surface area contributed by atoms with Gasteiger partial charge in [0.2, 0.25) is 10.0 Å². The number of benzene rings is 2. The first-order valence-electron chi connectivity index (χ1n) is 11.9. The lowest BCUT2D eigenvalue weighted by Gasteiger charge is -2.25. The van der Waals surface area contributed by atoms with Gasteiger partial charge < -0.3 is 5.32 Å². The highest BCUT2D eigenvalue weighted by molar-refractivity contribution is 7.90. The van der Waals surface area contributed by atoms with Gasteiger partial charge in [-0.05, 0) is 74.2 Å². The molecular weight excluding hydrogens is 500 g/mol. The lowest BCUT2D eigenvalue weighted by atomic mass is 10.1. The van der Waals surface area contributed by atoms with Crippen molar-refractivity contribution in [2.45, 2.75) is 49.5 Å². The van der Waals surface area contributed by atoms with Gasteiger partial charge in [-0.2, -0.15) is 9.40 Å². The number of aryl methyl sites for hydroxylation is 2. The molecule has 3 aromatic rings. The smallest absolute Gasteiger partial charge is 0.256 e. The zero-order valence-corrected chi connectivity index (χ0v) is 21.8. The summed E-state index contributed by atoms with van der Waals surface area (Å²) in [6, 6.07) is 11.6. The molecule has 0 spiro atoms. The molecule has 0 atom stereocenters. The first-order valence-corrected chi connectivity index (χ1v) is 15.1. The van der Waals surface area contributed by atoms with E-state index in [9.17, 15) is 21.6 Å². The van der Waals surface area contributed by atoms with Crippen LogP contribution in [-0.4, -0.2) is 49.9 Å². The van der Waals surface area contributed by atoms with Crippen LogP contribution in [0.2, 0.25) is 0 Å². The molecule has 2 aliphatic heterocycles. The molecule has 9 nitrogen and oxygen atoms in total. The molecule has 1 amide bonds. The van der Waals surface area contributed by atoms with E-state index in [0.29, 0.717) is 35.9 Å². The lowest BCUT2D eigenvalue weighted by Crippen LogP contribution is -2.35. The van der Waals surface area contributed by atoms with Gasteiger partial charge in [-0.1, -0.05) is 12.5 Å². The molecule has 1 saturated heterocycles. The third-order valence-electron chi connectivity index (χ3n) is 6.82. The Balaban J connectivity index is 1.45. The molecule has 11 heteroatoms. The summed E-state index contributed by atoms with van der Waals surface area (Å²) in [6.07, 6.45) is 2.71. The van der Waals surface area contributed by atoms with Crippen LogP contribution in [0.1, 0.15) is 52.0 Å². The molecule has 190 valence electrons. The minimum Gasteiger partial charge on any atom is -0.306 e. The number of fused-ring (bicyclic) bond motifs is 1. The molecule has 3 heterocycles. The third kappa shape index (κ3) is 4.58. The van der Waals surface area contributed by atoms with Crippen LogP contribution in [0, 0.1) is 13.8 Å². The van der Waals surface area contributed by atoms with Crippen molar-refractivity contribution in [3.8, 4) is 5.69 Å². The maximum Gasteiger partial charge on any atom is 0.256 e. The van der Waals surface area contributed by atoms with Crippen LogP contribution in [0.15, 0.2) is 47.4 Å². The number of hydrogen-bond acceptors (Lipinski definition) is 6. The van der Waals surface area contributed by atoms with Crippen molar-refractivity contribution >= 4 is 31.6 Å². The molecule has 2 aliphatic rings. The van der Waals surface area contributed by atoms with E-state index in [0.717, 1.165) is 30.4 Å². The second-order valence-corrected chi connectivity index (χ2v) is 13.4. The van der Waals surface area contributed by atoms with Gasteiger partial charge in [-0.3, -0.25) is 4.79 Å². The Morgan fingerprint density at radius 1 is 0.944 bits per heavy atom. The molecule has 0 unspecified atom stereocenters. The summed E-state index contributed by atoms with van der Waals surface area (Å²) in [5.41, 5.74) is 4.01. The third-order valence-corrected chi connectivity index (χ3v) is 10.2. The van der Waals surface area contributed by atoms with Crippen LogP contribution in [0.4, 0.5) is 5.82 Å². The standard InChI is InChI=1S/C25H28N4O5S2/c1-17-6-9-20(14-18(17)2)29-24(22-15-35(31,32)16-23(22)27-29)26-25(30)19-7-10-21(11-8-19)36(33,34)28-12-4-3-5-13-28/h6-11,14H,3-5,12-13,15-16H2,1-2H3,(H,26,30). The van der Waals surface area contributed by atoms with E-state index >= 15 is 0 Å². The number of anilines is 1. The maximum absolute atomic E-state index is 13.2. The molecule has 1 fully saturated rings. The van der Waals surface area contributed by atoms with Crippen molar-refractivity contribution in [1.29, 1.82) is 0 Å². The molecule has 36 heavy (non-hydrogen) atoms. The summed E-state index contributed by atoms with van der Waals surface area (Å²) in [5.74, 6) is -0.541.